The molecule has 5 heteroatoms. The van der Waals surface area contributed by atoms with Gasteiger partial charge in [-0.15, -0.1) is 0 Å². The van der Waals surface area contributed by atoms with Crippen LogP contribution in [0, 0.1) is 0 Å². The van der Waals surface area contributed by atoms with E-state index in [9.17, 15) is 0 Å². The molecule has 5 nitrogen and oxygen atoms in total. The molecule has 0 amide bonds. The van der Waals surface area contributed by atoms with Gasteiger partial charge in [0, 0.05) is 17.7 Å². The van der Waals surface area contributed by atoms with Crippen molar-refractivity contribution in [1.82, 2.24) is 15.0 Å². The second-order valence-electron chi connectivity index (χ2n) is 6.08. The van der Waals surface area contributed by atoms with E-state index in [0.29, 0.717) is 28.8 Å². The van der Waals surface area contributed by atoms with Crippen molar-refractivity contribution in [2.75, 3.05) is 11.9 Å². The van der Waals surface area contributed by atoms with Gasteiger partial charge in [0.15, 0.2) is 11.6 Å². The van der Waals surface area contributed by atoms with Crippen molar-refractivity contribution in [2.24, 2.45) is 0 Å². The van der Waals surface area contributed by atoms with Crippen LogP contribution in [0.1, 0.15) is 19.8 Å². The average molecular weight is 344 g/mol. The van der Waals surface area contributed by atoms with Crippen LogP contribution in [0.5, 0.6) is 0 Å². The summed E-state index contributed by atoms with van der Waals surface area (Å²) in [6, 6.07) is 19.8. The van der Waals surface area contributed by atoms with Gasteiger partial charge in [-0.3, -0.25) is 0 Å². The van der Waals surface area contributed by atoms with Crippen molar-refractivity contribution in [2.45, 2.75) is 19.8 Å². The first-order valence-corrected chi connectivity index (χ1v) is 8.88. The molecule has 0 bridgehead atoms. The zero-order chi connectivity index (χ0) is 17.8. The molecule has 0 aliphatic rings. The summed E-state index contributed by atoms with van der Waals surface area (Å²) in [6.07, 6.45) is 2.17. The lowest BCUT2D eigenvalue weighted by Crippen LogP contribution is -2.05. The van der Waals surface area contributed by atoms with Crippen LogP contribution < -0.4 is 5.32 Å². The van der Waals surface area contributed by atoms with E-state index >= 15 is 0 Å². The molecule has 0 saturated heterocycles. The number of hydrogen-bond acceptors (Lipinski definition) is 5. The Bertz CT molecular complexity index is 997. The van der Waals surface area contributed by atoms with E-state index in [4.69, 9.17) is 9.40 Å². The van der Waals surface area contributed by atoms with Crippen LogP contribution in [0.4, 0.5) is 5.82 Å². The van der Waals surface area contributed by atoms with E-state index in [2.05, 4.69) is 22.2 Å². The first kappa shape index (κ1) is 16.3. The Morgan fingerprint density at radius 2 is 1.54 bits per heavy atom. The fourth-order valence-electron chi connectivity index (χ4n) is 2.75. The molecule has 0 aliphatic carbocycles. The van der Waals surface area contributed by atoms with Gasteiger partial charge in [-0.05, 0) is 18.6 Å². The number of fused-ring (bicyclic) bond motifs is 1. The Balaban J connectivity index is 1.82. The maximum absolute atomic E-state index is 6.01. The van der Waals surface area contributed by atoms with Crippen molar-refractivity contribution in [3.05, 3.63) is 60.7 Å². The molecule has 130 valence electrons. The largest absolute Gasteiger partial charge is 0.430 e. The Morgan fingerprint density at radius 1 is 0.846 bits per heavy atom. The summed E-state index contributed by atoms with van der Waals surface area (Å²) in [6.45, 7) is 2.99. The lowest BCUT2D eigenvalue weighted by molar-refractivity contribution is 0.618. The molecule has 0 unspecified atom stereocenters. The van der Waals surface area contributed by atoms with Gasteiger partial charge in [-0.1, -0.05) is 61.9 Å². The smallest absolute Gasteiger partial charge is 0.229 e. The normalized spacial score (nSPS) is 11.0. The number of rotatable bonds is 6. The number of hydrogen-bond donors (Lipinski definition) is 1. The lowest BCUT2D eigenvalue weighted by atomic mass is 10.2. The number of anilines is 1. The van der Waals surface area contributed by atoms with Gasteiger partial charge in [0.25, 0.3) is 0 Å². The highest BCUT2D eigenvalue weighted by Gasteiger charge is 2.16. The van der Waals surface area contributed by atoms with Crippen LogP contribution in [0.25, 0.3) is 34.1 Å². The fraction of sp³-hybridized carbons (Fsp3) is 0.190. The highest BCUT2D eigenvalue weighted by Crippen LogP contribution is 2.29. The molecule has 4 aromatic rings. The summed E-state index contributed by atoms with van der Waals surface area (Å²) in [5.41, 5.74) is 3.04. The predicted molar refractivity (Wildman–Crippen MR) is 104 cm³/mol. The SMILES string of the molecule is CCCCNc1nc(-c2ccccc2)nc2nc(-c3ccccc3)oc12. The molecule has 2 aromatic carbocycles. The summed E-state index contributed by atoms with van der Waals surface area (Å²) in [5, 5.41) is 3.38. The van der Waals surface area contributed by atoms with Gasteiger partial charge < -0.3 is 9.73 Å². The van der Waals surface area contributed by atoms with E-state index in [1.54, 1.807) is 0 Å². The Kier molecular flexibility index (Phi) is 4.60. The molecule has 2 aromatic heterocycles. The highest BCUT2D eigenvalue weighted by atomic mass is 16.3. The lowest BCUT2D eigenvalue weighted by Gasteiger charge is -2.07. The Labute approximate surface area is 152 Å². The molecular weight excluding hydrogens is 324 g/mol. The molecule has 0 aliphatic heterocycles. The molecule has 1 N–H and O–H groups in total. The zero-order valence-corrected chi connectivity index (χ0v) is 14.6. The van der Waals surface area contributed by atoms with E-state index in [1.807, 2.05) is 60.7 Å². The molecule has 2 heterocycles. The van der Waals surface area contributed by atoms with E-state index in [1.165, 1.54) is 0 Å². The first-order valence-electron chi connectivity index (χ1n) is 8.88. The van der Waals surface area contributed by atoms with Crippen molar-refractivity contribution in [3.8, 4) is 22.8 Å². The topological polar surface area (TPSA) is 63.8 Å². The Hall–Kier alpha value is -3.21. The van der Waals surface area contributed by atoms with Gasteiger partial charge in [0.1, 0.15) is 0 Å². The second kappa shape index (κ2) is 7.35. The van der Waals surface area contributed by atoms with Crippen LogP contribution in [0.2, 0.25) is 0 Å². The Morgan fingerprint density at radius 3 is 2.23 bits per heavy atom. The third-order valence-electron chi connectivity index (χ3n) is 4.13. The maximum Gasteiger partial charge on any atom is 0.229 e. The van der Waals surface area contributed by atoms with E-state index in [0.717, 1.165) is 30.5 Å². The number of nitrogens with zero attached hydrogens (tertiary/aromatic N) is 3. The van der Waals surface area contributed by atoms with E-state index < -0.39 is 0 Å². The third kappa shape index (κ3) is 3.28. The summed E-state index contributed by atoms with van der Waals surface area (Å²) in [7, 11) is 0. The molecule has 0 radical (unpaired) electrons. The van der Waals surface area contributed by atoms with Crippen LogP contribution in [-0.4, -0.2) is 21.5 Å². The molecule has 0 atom stereocenters. The van der Waals surface area contributed by atoms with Crippen LogP contribution in [0.3, 0.4) is 0 Å². The number of nitrogens with one attached hydrogen (secondary N) is 1. The summed E-state index contributed by atoms with van der Waals surface area (Å²) >= 11 is 0. The number of unbranched alkanes of at least 4 members (excludes halogenated alkanes) is 1. The zero-order valence-electron chi connectivity index (χ0n) is 14.6. The maximum atomic E-state index is 6.01. The summed E-state index contributed by atoms with van der Waals surface area (Å²) in [5.74, 6) is 1.89. The standard InChI is InChI=1S/C21H20N4O/c1-2-3-14-22-19-17-20(24-18(23-19)15-10-6-4-7-11-15)25-21(26-17)16-12-8-5-9-13-16/h4-13H,2-3,14H2,1H3,(H,22,23,24). The average Bonchev–Trinajstić information content (AvgIpc) is 3.14. The number of oxazole rings is 1. The molecule has 0 saturated carbocycles. The minimum absolute atomic E-state index is 0.554. The minimum atomic E-state index is 0.554. The molecule has 26 heavy (non-hydrogen) atoms. The summed E-state index contributed by atoms with van der Waals surface area (Å²) in [4.78, 5) is 13.9. The highest BCUT2D eigenvalue weighted by molar-refractivity contribution is 5.84. The van der Waals surface area contributed by atoms with Crippen LogP contribution in [0.15, 0.2) is 65.1 Å². The quantitative estimate of drug-likeness (QED) is 0.489. The number of aromatic nitrogens is 3. The molecule has 0 spiro atoms. The third-order valence-corrected chi connectivity index (χ3v) is 4.13. The van der Waals surface area contributed by atoms with Gasteiger partial charge in [-0.25, -0.2) is 9.97 Å². The van der Waals surface area contributed by atoms with Gasteiger partial charge in [0.2, 0.25) is 17.1 Å². The van der Waals surface area contributed by atoms with E-state index in [-0.39, 0.29) is 0 Å². The molecular formula is C21H20N4O. The van der Waals surface area contributed by atoms with Crippen molar-refractivity contribution < 1.29 is 4.42 Å². The minimum Gasteiger partial charge on any atom is -0.430 e. The van der Waals surface area contributed by atoms with Crippen molar-refractivity contribution >= 4 is 17.0 Å². The number of benzene rings is 2. The van der Waals surface area contributed by atoms with Crippen LogP contribution >= 0.6 is 0 Å². The fourth-order valence-corrected chi connectivity index (χ4v) is 2.75. The molecule has 4 rings (SSSR count). The van der Waals surface area contributed by atoms with Crippen molar-refractivity contribution in [1.29, 1.82) is 0 Å². The van der Waals surface area contributed by atoms with Gasteiger partial charge in [-0.2, -0.15) is 4.98 Å². The van der Waals surface area contributed by atoms with Crippen LogP contribution in [-0.2, 0) is 0 Å². The predicted octanol–water partition coefficient (Wildman–Crippen LogP) is 5.16. The van der Waals surface area contributed by atoms with Crippen molar-refractivity contribution in [3.63, 3.8) is 0 Å². The molecule has 0 fully saturated rings. The van der Waals surface area contributed by atoms with Gasteiger partial charge >= 0.3 is 0 Å². The summed E-state index contributed by atoms with van der Waals surface area (Å²) < 4.78 is 6.01. The van der Waals surface area contributed by atoms with Gasteiger partial charge in [0.05, 0.1) is 0 Å². The first-order chi connectivity index (χ1) is 12.8. The monoisotopic (exact) mass is 344 g/mol. The second-order valence-corrected chi connectivity index (χ2v) is 6.08.